The molecule has 0 heterocycles. The Kier molecular flexibility index (Phi) is 29.5. The first kappa shape index (κ1) is 25.8. The van der Waals surface area contributed by atoms with Gasteiger partial charge < -0.3 is 15.6 Å². The van der Waals surface area contributed by atoms with Crippen LogP contribution in [0.15, 0.2) is 0 Å². The van der Waals surface area contributed by atoms with Crippen LogP contribution in [0.5, 0.6) is 0 Å². The molecule has 0 aromatic rings. The summed E-state index contributed by atoms with van der Waals surface area (Å²) in [4.78, 5) is 10.2. The fourth-order valence-electron chi connectivity index (χ4n) is 3.02. The highest BCUT2D eigenvalue weighted by Gasteiger charge is 1.94. The van der Waals surface area contributed by atoms with Gasteiger partial charge >= 0.3 is 0 Å². The van der Waals surface area contributed by atoms with Gasteiger partial charge in [-0.25, -0.2) is 0 Å². The first-order chi connectivity index (χ1) is 11.9. The summed E-state index contributed by atoms with van der Waals surface area (Å²) in [7, 11) is 1.00. The normalized spacial score (nSPS) is 10.3. The topological polar surface area (TPSA) is 63.3 Å². The van der Waals surface area contributed by atoms with E-state index in [1.165, 1.54) is 103 Å². The highest BCUT2D eigenvalue weighted by Crippen LogP contribution is 2.14. The summed E-state index contributed by atoms with van der Waals surface area (Å²) < 4.78 is 0. The number of aliphatic hydroxyl groups is 1. The third-order valence-corrected chi connectivity index (χ3v) is 4.53. The fraction of sp³-hybridized carbons (Fsp3) is 0.952. The summed E-state index contributed by atoms with van der Waals surface area (Å²) in [5.41, 5.74) is 5.49. The lowest BCUT2D eigenvalue weighted by atomic mass is 10.0. The largest absolute Gasteiger partial charge is 0.400 e. The summed E-state index contributed by atoms with van der Waals surface area (Å²) in [6.07, 6.45) is 25.0. The molecule has 3 heteroatoms. The Labute approximate surface area is 151 Å². The Morgan fingerprint density at radius 2 is 0.792 bits per heavy atom. The molecule has 3 N–H and O–H groups in total. The predicted molar refractivity (Wildman–Crippen MR) is 106 cm³/mol. The Hall–Kier alpha value is -0.410. The third-order valence-electron chi connectivity index (χ3n) is 4.53. The maximum Gasteiger partial charge on any atom is 0.119 e. The van der Waals surface area contributed by atoms with E-state index in [2.05, 4.69) is 0 Å². The van der Waals surface area contributed by atoms with Gasteiger partial charge in [-0.05, 0) is 19.4 Å². The molecule has 0 aliphatic carbocycles. The van der Waals surface area contributed by atoms with Crippen LogP contribution in [-0.4, -0.2) is 25.0 Å². The second-order valence-corrected chi connectivity index (χ2v) is 6.75. The Bertz CT molecular complexity index is 210. The smallest absolute Gasteiger partial charge is 0.119 e. The maximum atomic E-state index is 10.2. The highest BCUT2D eigenvalue weighted by atomic mass is 16.2. The van der Waals surface area contributed by atoms with Crippen molar-refractivity contribution >= 4 is 6.29 Å². The molecule has 146 valence electrons. The summed E-state index contributed by atoms with van der Waals surface area (Å²) in [5.74, 6) is 0. The molecule has 0 saturated heterocycles. The number of hydrogen-bond donors (Lipinski definition) is 2. The molecule has 0 aliphatic heterocycles. The van der Waals surface area contributed by atoms with Crippen molar-refractivity contribution < 1.29 is 9.90 Å². The Morgan fingerprint density at radius 1 is 0.542 bits per heavy atom. The summed E-state index contributed by atoms with van der Waals surface area (Å²) in [6, 6.07) is 0. The van der Waals surface area contributed by atoms with E-state index in [9.17, 15) is 4.79 Å². The van der Waals surface area contributed by atoms with Crippen molar-refractivity contribution in [1.82, 2.24) is 0 Å². The van der Waals surface area contributed by atoms with E-state index in [4.69, 9.17) is 10.8 Å². The molecule has 0 aliphatic rings. The zero-order valence-electron chi connectivity index (χ0n) is 16.4. The van der Waals surface area contributed by atoms with E-state index in [1.54, 1.807) is 0 Å². The molecule has 0 spiro atoms. The number of carbonyl (C=O) groups excluding carboxylic acids is 1. The molecular formula is C21H45NO2. The van der Waals surface area contributed by atoms with Crippen molar-refractivity contribution in [1.29, 1.82) is 0 Å². The molecule has 0 saturated carbocycles. The zero-order valence-corrected chi connectivity index (χ0v) is 16.4. The zero-order chi connectivity index (χ0) is 18.1. The van der Waals surface area contributed by atoms with Crippen LogP contribution in [0.1, 0.15) is 116 Å². The van der Waals surface area contributed by atoms with Gasteiger partial charge in [-0.3, -0.25) is 0 Å². The second kappa shape index (κ2) is 27.4. The standard InChI is InChI=1S/C20H41NO.CH4O/c21-19-17-15-13-11-9-7-5-3-1-2-4-6-8-10-12-14-16-18-20-22;1-2/h20H,1-19,21H2;2H,1H3. The Morgan fingerprint density at radius 3 is 1.04 bits per heavy atom. The number of aldehydes is 1. The lowest BCUT2D eigenvalue weighted by molar-refractivity contribution is -0.107. The van der Waals surface area contributed by atoms with Gasteiger partial charge in [0.15, 0.2) is 0 Å². The molecule has 0 unspecified atom stereocenters. The van der Waals surface area contributed by atoms with Crippen LogP contribution in [0, 0.1) is 0 Å². The molecule has 0 aromatic carbocycles. The number of nitrogens with two attached hydrogens (primary N) is 1. The van der Waals surface area contributed by atoms with Crippen molar-refractivity contribution in [3.63, 3.8) is 0 Å². The summed E-state index contributed by atoms with van der Waals surface area (Å²) in [6.45, 7) is 0.861. The minimum Gasteiger partial charge on any atom is -0.400 e. The lowest BCUT2D eigenvalue weighted by Crippen LogP contribution is -1.97. The van der Waals surface area contributed by atoms with Crippen molar-refractivity contribution in [2.75, 3.05) is 13.7 Å². The molecule has 0 radical (unpaired) electrons. The van der Waals surface area contributed by atoms with Crippen LogP contribution in [0.25, 0.3) is 0 Å². The van der Waals surface area contributed by atoms with Gasteiger partial charge in [-0.1, -0.05) is 96.3 Å². The summed E-state index contributed by atoms with van der Waals surface area (Å²) in [5, 5.41) is 7.00. The first-order valence-electron chi connectivity index (χ1n) is 10.5. The SMILES string of the molecule is CO.NCCCCCCCCCCCCCCCCCCCC=O. The maximum absolute atomic E-state index is 10.2. The first-order valence-corrected chi connectivity index (χ1v) is 10.5. The molecule has 24 heavy (non-hydrogen) atoms. The number of carbonyl (C=O) groups is 1. The van der Waals surface area contributed by atoms with Gasteiger partial charge in [-0.2, -0.15) is 0 Å². The van der Waals surface area contributed by atoms with Crippen LogP contribution < -0.4 is 5.73 Å². The van der Waals surface area contributed by atoms with Crippen molar-refractivity contribution in [3.05, 3.63) is 0 Å². The van der Waals surface area contributed by atoms with E-state index in [0.717, 1.165) is 32.8 Å². The Balaban J connectivity index is 0. The predicted octanol–water partition coefficient (Wildman–Crippen LogP) is 5.77. The minimum absolute atomic E-state index is 0.758. The fourth-order valence-corrected chi connectivity index (χ4v) is 3.02. The van der Waals surface area contributed by atoms with Crippen molar-refractivity contribution in [3.8, 4) is 0 Å². The number of aliphatic hydroxyl groups excluding tert-OH is 1. The van der Waals surface area contributed by atoms with E-state index >= 15 is 0 Å². The van der Waals surface area contributed by atoms with Gasteiger partial charge in [0.25, 0.3) is 0 Å². The molecule has 3 nitrogen and oxygen atoms in total. The average molecular weight is 344 g/mol. The molecule has 0 bridgehead atoms. The monoisotopic (exact) mass is 343 g/mol. The number of rotatable bonds is 19. The molecule has 0 aromatic heterocycles. The van der Waals surface area contributed by atoms with Gasteiger partial charge in [0.05, 0.1) is 0 Å². The third kappa shape index (κ3) is 26.5. The van der Waals surface area contributed by atoms with Crippen LogP contribution >= 0.6 is 0 Å². The minimum atomic E-state index is 0.758. The average Bonchev–Trinajstić information content (AvgIpc) is 2.62. The molecule has 0 atom stereocenters. The number of hydrogen-bond acceptors (Lipinski definition) is 3. The van der Waals surface area contributed by atoms with Crippen LogP contribution in [-0.2, 0) is 4.79 Å². The quantitative estimate of drug-likeness (QED) is 0.231. The molecule has 0 amide bonds. The molecule has 0 rings (SSSR count). The van der Waals surface area contributed by atoms with Crippen molar-refractivity contribution in [2.24, 2.45) is 5.73 Å². The second-order valence-electron chi connectivity index (χ2n) is 6.75. The van der Waals surface area contributed by atoms with E-state index in [-0.39, 0.29) is 0 Å². The van der Waals surface area contributed by atoms with E-state index < -0.39 is 0 Å². The van der Waals surface area contributed by atoms with Gasteiger partial charge in [-0.15, -0.1) is 0 Å². The van der Waals surface area contributed by atoms with Gasteiger partial charge in [0, 0.05) is 13.5 Å². The van der Waals surface area contributed by atoms with Gasteiger partial charge in [0.1, 0.15) is 6.29 Å². The van der Waals surface area contributed by atoms with Crippen molar-refractivity contribution in [2.45, 2.75) is 116 Å². The molecular weight excluding hydrogens is 298 g/mol. The highest BCUT2D eigenvalue weighted by molar-refractivity contribution is 5.48. The van der Waals surface area contributed by atoms with Gasteiger partial charge in [0.2, 0.25) is 0 Å². The van der Waals surface area contributed by atoms with Crippen LogP contribution in [0.2, 0.25) is 0 Å². The number of unbranched alkanes of at least 4 members (excludes halogenated alkanes) is 17. The molecule has 0 fully saturated rings. The van der Waals surface area contributed by atoms with E-state index in [1.807, 2.05) is 0 Å². The summed E-state index contributed by atoms with van der Waals surface area (Å²) >= 11 is 0. The van der Waals surface area contributed by atoms with E-state index in [0.29, 0.717) is 0 Å². The van der Waals surface area contributed by atoms with Crippen LogP contribution in [0.4, 0.5) is 0 Å². The lowest BCUT2D eigenvalue weighted by Gasteiger charge is -2.03. The van der Waals surface area contributed by atoms with Crippen LogP contribution in [0.3, 0.4) is 0 Å².